The zero-order valence-electron chi connectivity index (χ0n) is 12.2. The summed E-state index contributed by atoms with van der Waals surface area (Å²) in [5.41, 5.74) is 8.35. The van der Waals surface area contributed by atoms with Crippen molar-refractivity contribution in [2.45, 2.75) is 52.6 Å². The topological polar surface area (TPSA) is 42.2 Å². The molecule has 3 nitrogen and oxygen atoms in total. The second kappa shape index (κ2) is 6.86. The van der Waals surface area contributed by atoms with E-state index in [0.29, 0.717) is 6.54 Å². The maximum absolute atomic E-state index is 6.03. The van der Waals surface area contributed by atoms with Gasteiger partial charge in [0.05, 0.1) is 5.69 Å². The van der Waals surface area contributed by atoms with Crippen LogP contribution in [0.25, 0.3) is 0 Å². The Morgan fingerprint density at radius 3 is 2.33 bits per heavy atom. The lowest BCUT2D eigenvalue weighted by molar-refractivity contribution is 0.0814. The summed E-state index contributed by atoms with van der Waals surface area (Å²) in [5.74, 6) is 0. The molecule has 0 unspecified atom stereocenters. The summed E-state index contributed by atoms with van der Waals surface area (Å²) in [6, 6.07) is 6.21. The third-order valence-electron chi connectivity index (χ3n) is 4.05. The Balaban J connectivity index is 2.90. The van der Waals surface area contributed by atoms with E-state index in [0.717, 1.165) is 37.3 Å². The van der Waals surface area contributed by atoms with E-state index in [1.165, 1.54) is 0 Å². The van der Waals surface area contributed by atoms with E-state index in [1.807, 2.05) is 13.0 Å². The number of nitrogens with zero attached hydrogens (tertiary/aromatic N) is 2. The minimum absolute atomic E-state index is 0.111. The molecule has 1 aromatic rings. The van der Waals surface area contributed by atoms with Crippen LogP contribution in [0, 0.1) is 6.92 Å². The highest BCUT2D eigenvalue weighted by molar-refractivity contribution is 5.10. The summed E-state index contributed by atoms with van der Waals surface area (Å²) in [7, 11) is 0. The summed E-state index contributed by atoms with van der Waals surface area (Å²) in [5, 5.41) is 0. The molecule has 102 valence electrons. The number of hydrogen-bond acceptors (Lipinski definition) is 3. The molecule has 1 heterocycles. The molecule has 0 aliphatic heterocycles. The number of nitrogens with two attached hydrogens (primary N) is 1. The Labute approximate surface area is 111 Å². The second-order valence-corrected chi connectivity index (χ2v) is 4.92. The molecule has 0 spiro atoms. The molecule has 0 aliphatic rings. The molecule has 0 bridgehead atoms. The van der Waals surface area contributed by atoms with Crippen LogP contribution in [-0.2, 0) is 6.54 Å². The van der Waals surface area contributed by atoms with Gasteiger partial charge < -0.3 is 5.73 Å². The monoisotopic (exact) mass is 249 g/mol. The number of rotatable bonds is 7. The van der Waals surface area contributed by atoms with Crippen LogP contribution in [0.5, 0.6) is 0 Å². The number of likely N-dealkylation sites (N-methyl/N-ethyl adjacent to an activating group) is 1. The number of pyridine rings is 1. The summed E-state index contributed by atoms with van der Waals surface area (Å²) in [4.78, 5) is 7.06. The van der Waals surface area contributed by atoms with Gasteiger partial charge in [-0.2, -0.15) is 0 Å². The van der Waals surface area contributed by atoms with E-state index in [-0.39, 0.29) is 5.54 Å². The van der Waals surface area contributed by atoms with Gasteiger partial charge in [0.2, 0.25) is 0 Å². The minimum atomic E-state index is 0.111. The van der Waals surface area contributed by atoms with Crippen LogP contribution >= 0.6 is 0 Å². The van der Waals surface area contributed by atoms with Crippen molar-refractivity contribution >= 4 is 0 Å². The quantitative estimate of drug-likeness (QED) is 0.808. The summed E-state index contributed by atoms with van der Waals surface area (Å²) in [6.07, 6.45) is 2.17. The van der Waals surface area contributed by atoms with Crippen LogP contribution in [-0.4, -0.2) is 28.5 Å². The van der Waals surface area contributed by atoms with Crippen LogP contribution in [0.3, 0.4) is 0 Å². The Bertz CT molecular complexity index is 350. The van der Waals surface area contributed by atoms with Crippen LogP contribution in [0.4, 0.5) is 0 Å². The molecule has 0 atom stereocenters. The SMILES string of the molecule is CCN(Cc1cccc(C)n1)C(CC)(CC)CN. The van der Waals surface area contributed by atoms with Gasteiger partial charge in [0, 0.05) is 24.3 Å². The number of aryl methyl sites for hydroxylation is 1. The normalized spacial score (nSPS) is 12.1. The zero-order chi connectivity index (χ0) is 13.6. The van der Waals surface area contributed by atoms with Gasteiger partial charge in [0.1, 0.15) is 0 Å². The molecule has 1 rings (SSSR count). The molecule has 0 saturated heterocycles. The Hall–Kier alpha value is -0.930. The average molecular weight is 249 g/mol. The third-order valence-corrected chi connectivity index (χ3v) is 4.05. The van der Waals surface area contributed by atoms with Gasteiger partial charge in [-0.1, -0.05) is 26.8 Å². The smallest absolute Gasteiger partial charge is 0.0547 e. The lowest BCUT2D eigenvalue weighted by atomic mass is 9.90. The fraction of sp³-hybridized carbons (Fsp3) is 0.667. The lowest BCUT2D eigenvalue weighted by Crippen LogP contribution is -2.52. The van der Waals surface area contributed by atoms with E-state index >= 15 is 0 Å². The van der Waals surface area contributed by atoms with Gasteiger partial charge in [-0.3, -0.25) is 9.88 Å². The maximum Gasteiger partial charge on any atom is 0.0547 e. The van der Waals surface area contributed by atoms with Crippen molar-refractivity contribution in [3.63, 3.8) is 0 Å². The molecule has 0 amide bonds. The molecule has 0 saturated carbocycles. The second-order valence-electron chi connectivity index (χ2n) is 4.92. The predicted octanol–water partition coefficient (Wildman–Crippen LogP) is 2.73. The summed E-state index contributed by atoms with van der Waals surface area (Å²) in [6.45, 7) is 11.3. The molecule has 2 N–H and O–H groups in total. The molecular weight excluding hydrogens is 222 g/mol. The highest BCUT2D eigenvalue weighted by Crippen LogP contribution is 2.24. The van der Waals surface area contributed by atoms with Crippen molar-refractivity contribution < 1.29 is 0 Å². The van der Waals surface area contributed by atoms with Crippen molar-refractivity contribution in [2.75, 3.05) is 13.1 Å². The van der Waals surface area contributed by atoms with Crippen LogP contribution in [0.2, 0.25) is 0 Å². The molecule has 0 radical (unpaired) electrons. The van der Waals surface area contributed by atoms with Gasteiger partial charge >= 0.3 is 0 Å². The van der Waals surface area contributed by atoms with E-state index < -0.39 is 0 Å². The Morgan fingerprint density at radius 2 is 1.89 bits per heavy atom. The average Bonchev–Trinajstić information content (AvgIpc) is 2.40. The molecule has 18 heavy (non-hydrogen) atoms. The first-order valence-corrected chi connectivity index (χ1v) is 6.99. The number of aromatic nitrogens is 1. The Kier molecular flexibility index (Phi) is 5.76. The van der Waals surface area contributed by atoms with Crippen LogP contribution < -0.4 is 5.73 Å². The van der Waals surface area contributed by atoms with Crippen molar-refractivity contribution in [1.29, 1.82) is 0 Å². The largest absolute Gasteiger partial charge is 0.329 e. The molecule has 0 aromatic carbocycles. The first-order chi connectivity index (χ1) is 8.61. The fourth-order valence-electron chi connectivity index (χ4n) is 2.61. The highest BCUT2D eigenvalue weighted by atomic mass is 15.2. The van der Waals surface area contributed by atoms with E-state index in [9.17, 15) is 0 Å². The molecule has 0 aliphatic carbocycles. The van der Waals surface area contributed by atoms with E-state index in [2.05, 4.69) is 42.8 Å². The first-order valence-electron chi connectivity index (χ1n) is 6.99. The van der Waals surface area contributed by atoms with Gasteiger partial charge in [-0.25, -0.2) is 0 Å². The highest BCUT2D eigenvalue weighted by Gasteiger charge is 2.31. The summed E-state index contributed by atoms with van der Waals surface area (Å²) >= 11 is 0. The zero-order valence-corrected chi connectivity index (χ0v) is 12.2. The van der Waals surface area contributed by atoms with Gasteiger partial charge in [0.25, 0.3) is 0 Å². The molecule has 3 heteroatoms. The Morgan fingerprint density at radius 1 is 1.22 bits per heavy atom. The van der Waals surface area contributed by atoms with Crippen LogP contribution in [0.15, 0.2) is 18.2 Å². The van der Waals surface area contributed by atoms with Gasteiger partial charge in [-0.15, -0.1) is 0 Å². The lowest BCUT2D eigenvalue weighted by Gasteiger charge is -2.42. The fourth-order valence-corrected chi connectivity index (χ4v) is 2.61. The van der Waals surface area contributed by atoms with Gasteiger partial charge in [-0.05, 0) is 38.4 Å². The molecule has 0 fully saturated rings. The van der Waals surface area contributed by atoms with Gasteiger partial charge in [0.15, 0.2) is 0 Å². The number of hydrogen-bond donors (Lipinski definition) is 1. The van der Waals surface area contributed by atoms with E-state index in [4.69, 9.17) is 5.73 Å². The first kappa shape index (κ1) is 15.1. The third kappa shape index (κ3) is 3.30. The molecular formula is C15H27N3. The van der Waals surface area contributed by atoms with Crippen molar-refractivity contribution in [3.05, 3.63) is 29.6 Å². The van der Waals surface area contributed by atoms with Crippen molar-refractivity contribution in [3.8, 4) is 0 Å². The molecule has 1 aromatic heterocycles. The van der Waals surface area contributed by atoms with Crippen molar-refractivity contribution in [2.24, 2.45) is 5.73 Å². The van der Waals surface area contributed by atoms with Crippen LogP contribution in [0.1, 0.15) is 45.0 Å². The standard InChI is InChI=1S/C15H27N3/c1-5-15(6-2,12-16)18(7-3)11-14-10-8-9-13(4)17-14/h8-10H,5-7,11-12,16H2,1-4H3. The minimum Gasteiger partial charge on any atom is -0.329 e. The maximum atomic E-state index is 6.03. The predicted molar refractivity (Wildman–Crippen MR) is 77.4 cm³/mol. The summed E-state index contributed by atoms with van der Waals surface area (Å²) < 4.78 is 0. The van der Waals surface area contributed by atoms with Crippen molar-refractivity contribution in [1.82, 2.24) is 9.88 Å². The van der Waals surface area contributed by atoms with E-state index in [1.54, 1.807) is 0 Å².